The Bertz CT molecular complexity index is 374. The molecule has 1 unspecified atom stereocenters. The maximum atomic E-state index is 11.5. The smallest absolute Gasteiger partial charge is 0.407 e. The van der Waals surface area contributed by atoms with E-state index in [9.17, 15) is 9.90 Å². The van der Waals surface area contributed by atoms with E-state index in [4.69, 9.17) is 4.74 Å². The third-order valence-electron chi connectivity index (χ3n) is 3.03. The topological polar surface area (TPSA) is 58.6 Å². The molecule has 0 fully saturated rings. The Hall–Kier alpha value is -1.55. The monoisotopic (exact) mass is 251 g/mol. The fourth-order valence-corrected chi connectivity index (χ4v) is 1.22. The first-order valence-electron chi connectivity index (χ1n) is 6.04. The number of aliphatic hydroxyl groups is 1. The van der Waals surface area contributed by atoms with Crippen molar-refractivity contribution in [1.82, 2.24) is 5.32 Å². The lowest BCUT2D eigenvalue weighted by Crippen LogP contribution is -2.40. The summed E-state index contributed by atoms with van der Waals surface area (Å²) >= 11 is 0. The molecule has 0 bridgehead atoms. The Kier molecular flexibility index (Phi) is 5.16. The summed E-state index contributed by atoms with van der Waals surface area (Å²) in [5.41, 5.74) is 0.577. The van der Waals surface area contributed by atoms with Crippen LogP contribution in [0.3, 0.4) is 0 Å². The van der Waals surface area contributed by atoms with Crippen LogP contribution in [0.1, 0.15) is 26.3 Å². The predicted octanol–water partition coefficient (Wildman–Crippen LogP) is 2.32. The molecule has 1 aromatic carbocycles. The summed E-state index contributed by atoms with van der Waals surface area (Å²) in [4.78, 5) is 11.5. The summed E-state index contributed by atoms with van der Waals surface area (Å²) in [5, 5.41) is 12.2. The van der Waals surface area contributed by atoms with E-state index in [-0.39, 0.29) is 12.0 Å². The lowest BCUT2D eigenvalue weighted by Gasteiger charge is -2.27. The van der Waals surface area contributed by atoms with Crippen molar-refractivity contribution in [3.63, 3.8) is 0 Å². The highest BCUT2D eigenvalue weighted by atomic mass is 16.5. The zero-order valence-corrected chi connectivity index (χ0v) is 11.1. The van der Waals surface area contributed by atoms with Gasteiger partial charge >= 0.3 is 6.09 Å². The lowest BCUT2D eigenvalue weighted by atomic mass is 9.87. The number of aliphatic hydroxyl groups excluding tert-OH is 1. The Labute approximate surface area is 108 Å². The first-order valence-corrected chi connectivity index (χ1v) is 6.04. The SMILES string of the molecule is CC(O)C(C)(C)CNC(=O)OCc1ccccc1. The number of amides is 1. The van der Waals surface area contributed by atoms with Gasteiger partial charge in [-0.15, -0.1) is 0 Å². The molecule has 0 aliphatic rings. The van der Waals surface area contributed by atoms with Crippen LogP contribution in [0.25, 0.3) is 0 Å². The minimum Gasteiger partial charge on any atom is -0.445 e. The molecule has 1 aromatic rings. The molecule has 2 N–H and O–H groups in total. The third kappa shape index (κ3) is 4.75. The van der Waals surface area contributed by atoms with Gasteiger partial charge in [-0.05, 0) is 12.5 Å². The third-order valence-corrected chi connectivity index (χ3v) is 3.03. The first-order chi connectivity index (χ1) is 8.42. The number of hydrogen-bond donors (Lipinski definition) is 2. The predicted molar refractivity (Wildman–Crippen MR) is 70.1 cm³/mol. The van der Waals surface area contributed by atoms with Gasteiger partial charge in [-0.3, -0.25) is 0 Å². The van der Waals surface area contributed by atoms with Crippen LogP contribution in [0.5, 0.6) is 0 Å². The van der Waals surface area contributed by atoms with Crippen LogP contribution in [0.2, 0.25) is 0 Å². The number of hydrogen-bond acceptors (Lipinski definition) is 3. The van der Waals surface area contributed by atoms with Crippen LogP contribution in [-0.2, 0) is 11.3 Å². The Morgan fingerprint density at radius 3 is 2.56 bits per heavy atom. The molecule has 0 radical (unpaired) electrons. The minimum atomic E-state index is -0.494. The number of rotatable bonds is 5. The molecular weight excluding hydrogens is 230 g/mol. The van der Waals surface area contributed by atoms with Crippen LogP contribution >= 0.6 is 0 Å². The van der Waals surface area contributed by atoms with Gasteiger partial charge in [-0.1, -0.05) is 44.2 Å². The van der Waals surface area contributed by atoms with Crippen molar-refractivity contribution < 1.29 is 14.6 Å². The van der Waals surface area contributed by atoms with E-state index < -0.39 is 12.2 Å². The van der Waals surface area contributed by atoms with Crippen molar-refractivity contribution >= 4 is 6.09 Å². The summed E-state index contributed by atoms with van der Waals surface area (Å²) < 4.78 is 5.07. The van der Waals surface area contributed by atoms with Crippen molar-refractivity contribution in [3.05, 3.63) is 35.9 Å². The number of nitrogens with one attached hydrogen (secondary N) is 1. The molecule has 0 aliphatic carbocycles. The molecular formula is C14H21NO3. The second-order valence-electron chi connectivity index (χ2n) is 5.08. The first kappa shape index (κ1) is 14.5. The zero-order chi connectivity index (χ0) is 13.6. The van der Waals surface area contributed by atoms with Crippen LogP contribution in [0.15, 0.2) is 30.3 Å². The molecule has 0 saturated heterocycles. The quantitative estimate of drug-likeness (QED) is 0.844. The average molecular weight is 251 g/mol. The fourth-order valence-electron chi connectivity index (χ4n) is 1.22. The molecule has 0 heterocycles. The van der Waals surface area contributed by atoms with Crippen molar-refractivity contribution in [2.45, 2.75) is 33.5 Å². The van der Waals surface area contributed by atoms with Gasteiger partial charge in [0.1, 0.15) is 6.61 Å². The van der Waals surface area contributed by atoms with Gasteiger partial charge in [0.05, 0.1) is 6.10 Å². The number of alkyl carbamates (subject to hydrolysis) is 1. The maximum Gasteiger partial charge on any atom is 0.407 e. The van der Waals surface area contributed by atoms with Crippen LogP contribution in [-0.4, -0.2) is 23.8 Å². The molecule has 1 rings (SSSR count). The average Bonchev–Trinajstić information content (AvgIpc) is 2.35. The molecule has 100 valence electrons. The van der Waals surface area contributed by atoms with Crippen molar-refractivity contribution in [2.24, 2.45) is 5.41 Å². The highest BCUT2D eigenvalue weighted by molar-refractivity contribution is 5.67. The summed E-state index contributed by atoms with van der Waals surface area (Å²) in [6.45, 7) is 6.10. The van der Waals surface area contributed by atoms with E-state index in [1.54, 1.807) is 6.92 Å². The molecule has 0 aliphatic heterocycles. The minimum absolute atomic E-state index is 0.252. The molecule has 0 aromatic heterocycles. The van der Waals surface area contributed by atoms with E-state index in [2.05, 4.69) is 5.32 Å². The summed E-state index contributed by atoms with van der Waals surface area (Å²) in [6.07, 6.45) is -0.959. The maximum absolute atomic E-state index is 11.5. The van der Waals surface area contributed by atoms with Gasteiger partial charge in [0.15, 0.2) is 0 Å². The summed E-state index contributed by atoms with van der Waals surface area (Å²) in [6, 6.07) is 9.50. The van der Waals surface area contributed by atoms with E-state index in [1.165, 1.54) is 0 Å². The second kappa shape index (κ2) is 6.40. The molecule has 0 saturated carbocycles. The second-order valence-corrected chi connectivity index (χ2v) is 5.08. The van der Waals surface area contributed by atoms with Gasteiger partial charge in [0.2, 0.25) is 0 Å². The van der Waals surface area contributed by atoms with Gasteiger partial charge in [-0.25, -0.2) is 4.79 Å². The Morgan fingerprint density at radius 1 is 1.39 bits per heavy atom. The highest BCUT2D eigenvalue weighted by Crippen LogP contribution is 2.18. The molecule has 18 heavy (non-hydrogen) atoms. The van der Waals surface area contributed by atoms with Gasteiger partial charge in [0, 0.05) is 12.0 Å². The van der Waals surface area contributed by atoms with Crippen LogP contribution in [0, 0.1) is 5.41 Å². The van der Waals surface area contributed by atoms with Crippen LogP contribution < -0.4 is 5.32 Å². The fraction of sp³-hybridized carbons (Fsp3) is 0.500. The zero-order valence-electron chi connectivity index (χ0n) is 11.1. The van der Waals surface area contributed by atoms with Crippen molar-refractivity contribution in [1.29, 1.82) is 0 Å². The van der Waals surface area contributed by atoms with Crippen molar-refractivity contribution in [2.75, 3.05) is 6.54 Å². The molecule has 4 heteroatoms. The van der Waals surface area contributed by atoms with E-state index in [0.717, 1.165) is 5.56 Å². The number of carbonyl (C=O) groups excluding carboxylic acids is 1. The summed E-state index contributed by atoms with van der Waals surface area (Å²) in [7, 11) is 0. The van der Waals surface area contributed by atoms with E-state index >= 15 is 0 Å². The number of carbonyl (C=O) groups is 1. The number of ether oxygens (including phenoxy) is 1. The largest absolute Gasteiger partial charge is 0.445 e. The number of benzene rings is 1. The van der Waals surface area contributed by atoms with Crippen molar-refractivity contribution in [3.8, 4) is 0 Å². The standard InChI is InChI=1S/C14H21NO3/c1-11(16)14(2,3)10-15-13(17)18-9-12-7-5-4-6-8-12/h4-8,11,16H,9-10H2,1-3H3,(H,15,17). The molecule has 4 nitrogen and oxygen atoms in total. The highest BCUT2D eigenvalue weighted by Gasteiger charge is 2.24. The Morgan fingerprint density at radius 2 is 2.00 bits per heavy atom. The van der Waals surface area contributed by atoms with Gasteiger partial charge in [0.25, 0.3) is 0 Å². The van der Waals surface area contributed by atoms with E-state index in [1.807, 2.05) is 44.2 Å². The van der Waals surface area contributed by atoms with Gasteiger partial charge in [-0.2, -0.15) is 0 Å². The van der Waals surface area contributed by atoms with E-state index in [0.29, 0.717) is 6.54 Å². The lowest BCUT2D eigenvalue weighted by molar-refractivity contribution is 0.0629. The molecule has 1 atom stereocenters. The summed E-state index contributed by atoms with van der Waals surface area (Å²) in [5.74, 6) is 0. The Balaban J connectivity index is 2.31. The molecule has 1 amide bonds. The normalized spacial score (nSPS) is 12.9. The molecule has 0 spiro atoms. The van der Waals surface area contributed by atoms with Gasteiger partial charge < -0.3 is 15.2 Å². The van der Waals surface area contributed by atoms with Crippen LogP contribution in [0.4, 0.5) is 4.79 Å².